The van der Waals surface area contributed by atoms with Crippen molar-refractivity contribution in [2.24, 2.45) is 0 Å². The summed E-state index contributed by atoms with van der Waals surface area (Å²) in [7, 11) is 0. The molecule has 1 saturated heterocycles. The minimum atomic E-state index is -0.102. The van der Waals surface area contributed by atoms with Crippen molar-refractivity contribution in [3.05, 3.63) is 34.9 Å². The molecule has 0 radical (unpaired) electrons. The van der Waals surface area contributed by atoms with E-state index in [4.69, 9.17) is 11.6 Å². The molecule has 1 heterocycles. The van der Waals surface area contributed by atoms with Gasteiger partial charge in [0.2, 0.25) is 11.8 Å². The van der Waals surface area contributed by atoms with Gasteiger partial charge in [-0.05, 0) is 24.6 Å². The van der Waals surface area contributed by atoms with E-state index >= 15 is 0 Å². The van der Waals surface area contributed by atoms with Crippen LogP contribution in [0.5, 0.6) is 0 Å². The SMILES string of the molecule is CC(NCC(=O)N1CCNC(=O)C1)c1ccc(Cl)cc1. The van der Waals surface area contributed by atoms with Gasteiger partial charge < -0.3 is 15.5 Å². The molecule has 2 N–H and O–H groups in total. The highest BCUT2D eigenvalue weighted by molar-refractivity contribution is 6.30. The zero-order valence-electron chi connectivity index (χ0n) is 11.4. The molecular weight excluding hydrogens is 278 g/mol. The standard InChI is InChI=1S/C14H18ClN3O2/c1-10(11-2-4-12(15)5-3-11)17-8-14(20)18-7-6-16-13(19)9-18/h2-5,10,17H,6-9H2,1H3,(H,16,19). The van der Waals surface area contributed by atoms with E-state index in [-0.39, 0.29) is 30.9 Å². The Labute approximate surface area is 123 Å². The van der Waals surface area contributed by atoms with Gasteiger partial charge in [-0.2, -0.15) is 0 Å². The lowest BCUT2D eigenvalue weighted by molar-refractivity contribution is -0.137. The normalized spacial score (nSPS) is 16.7. The fourth-order valence-corrected chi connectivity index (χ4v) is 2.20. The molecule has 2 amide bonds. The Kier molecular flexibility index (Phi) is 4.98. The van der Waals surface area contributed by atoms with Crippen LogP contribution in [0.3, 0.4) is 0 Å². The second-order valence-electron chi connectivity index (χ2n) is 4.82. The number of carbonyl (C=O) groups is 2. The quantitative estimate of drug-likeness (QED) is 0.869. The molecule has 0 aromatic heterocycles. The number of nitrogens with one attached hydrogen (secondary N) is 2. The summed E-state index contributed by atoms with van der Waals surface area (Å²) in [5, 5.41) is 6.55. The van der Waals surface area contributed by atoms with Crippen molar-refractivity contribution in [1.29, 1.82) is 0 Å². The highest BCUT2D eigenvalue weighted by Gasteiger charge is 2.21. The maximum atomic E-state index is 12.0. The first-order valence-electron chi connectivity index (χ1n) is 6.59. The summed E-state index contributed by atoms with van der Waals surface area (Å²) in [6.45, 7) is 3.45. The van der Waals surface area contributed by atoms with E-state index in [9.17, 15) is 9.59 Å². The summed E-state index contributed by atoms with van der Waals surface area (Å²) in [6.07, 6.45) is 0. The van der Waals surface area contributed by atoms with Crippen LogP contribution in [0.1, 0.15) is 18.5 Å². The van der Waals surface area contributed by atoms with Crippen molar-refractivity contribution < 1.29 is 9.59 Å². The molecular formula is C14H18ClN3O2. The zero-order chi connectivity index (χ0) is 14.5. The van der Waals surface area contributed by atoms with Gasteiger partial charge in [0.1, 0.15) is 0 Å². The number of halogens is 1. The summed E-state index contributed by atoms with van der Waals surface area (Å²) >= 11 is 5.84. The van der Waals surface area contributed by atoms with E-state index in [1.807, 2.05) is 31.2 Å². The number of carbonyl (C=O) groups excluding carboxylic acids is 2. The summed E-state index contributed by atoms with van der Waals surface area (Å²) in [6, 6.07) is 7.56. The third kappa shape index (κ3) is 3.95. The van der Waals surface area contributed by atoms with Gasteiger partial charge in [0.25, 0.3) is 0 Å². The number of rotatable bonds is 4. The van der Waals surface area contributed by atoms with Crippen LogP contribution >= 0.6 is 11.6 Å². The third-order valence-electron chi connectivity index (χ3n) is 3.32. The first kappa shape index (κ1) is 14.8. The molecule has 5 nitrogen and oxygen atoms in total. The average Bonchev–Trinajstić information content (AvgIpc) is 2.45. The molecule has 1 unspecified atom stereocenters. The molecule has 0 spiro atoms. The Hall–Kier alpha value is -1.59. The van der Waals surface area contributed by atoms with E-state index in [1.165, 1.54) is 0 Å². The van der Waals surface area contributed by atoms with Gasteiger partial charge in [0, 0.05) is 24.2 Å². The Balaban J connectivity index is 1.83. The molecule has 108 valence electrons. The lowest BCUT2D eigenvalue weighted by Crippen LogP contribution is -2.52. The van der Waals surface area contributed by atoms with Gasteiger partial charge in [0.05, 0.1) is 13.1 Å². The molecule has 1 aliphatic heterocycles. The van der Waals surface area contributed by atoms with Crippen LogP contribution in [0.4, 0.5) is 0 Å². The van der Waals surface area contributed by atoms with Crippen molar-refractivity contribution in [1.82, 2.24) is 15.5 Å². The van der Waals surface area contributed by atoms with Crippen LogP contribution in [0.2, 0.25) is 5.02 Å². The van der Waals surface area contributed by atoms with E-state index in [1.54, 1.807) is 4.90 Å². The van der Waals surface area contributed by atoms with Crippen molar-refractivity contribution >= 4 is 23.4 Å². The maximum Gasteiger partial charge on any atom is 0.239 e. The van der Waals surface area contributed by atoms with Gasteiger partial charge in [0.15, 0.2) is 0 Å². The summed E-state index contributed by atoms with van der Waals surface area (Å²) < 4.78 is 0. The van der Waals surface area contributed by atoms with Crippen molar-refractivity contribution in [2.75, 3.05) is 26.2 Å². The topological polar surface area (TPSA) is 61.4 Å². The van der Waals surface area contributed by atoms with Crippen molar-refractivity contribution in [3.63, 3.8) is 0 Å². The Morgan fingerprint density at radius 3 is 2.80 bits per heavy atom. The van der Waals surface area contributed by atoms with Gasteiger partial charge in [-0.15, -0.1) is 0 Å². The summed E-state index contributed by atoms with van der Waals surface area (Å²) in [5.41, 5.74) is 1.07. The predicted molar refractivity (Wildman–Crippen MR) is 77.5 cm³/mol. The minimum Gasteiger partial charge on any atom is -0.353 e. The Bertz CT molecular complexity index is 490. The molecule has 0 aliphatic carbocycles. The zero-order valence-corrected chi connectivity index (χ0v) is 12.1. The van der Waals surface area contributed by atoms with Crippen molar-refractivity contribution in [2.45, 2.75) is 13.0 Å². The lowest BCUT2D eigenvalue weighted by atomic mass is 10.1. The summed E-state index contributed by atoms with van der Waals surface area (Å²) in [4.78, 5) is 24.8. The third-order valence-corrected chi connectivity index (χ3v) is 3.57. The molecule has 20 heavy (non-hydrogen) atoms. The monoisotopic (exact) mass is 295 g/mol. The Morgan fingerprint density at radius 2 is 2.15 bits per heavy atom. The van der Waals surface area contributed by atoms with Crippen LogP contribution < -0.4 is 10.6 Å². The van der Waals surface area contributed by atoms with Crippen LogP contribution in [-0.2, 0) is 9.59 Å². The van der Waals surface area contributed by atoms with Crippen LogP contribution in [0.25, 0.3) is 0 Å². The van der Waals surface area contributed by atoms with E-state index in [0.29, 0.717) is 18.1 Å². The van der Waals surface area contributed by atoms with Gasteiger partial charge in [-0.3, -0.25) is 9.59 Å². The number of piperazine rings is 1. The smallest absolute Gasteiger partial charge is 0.239 e. The molecule has 1 atom stereocenters. The first-order chi connectivity index (χ1) is 9.56. The molecule has 0 bridgehead atoms. The van der Waals surface area contributed by atoms with Crippen molar-refractivity contribution in [3.8, 4) is 0 Å². The minimum absolute atomic E-state index is 0.0508. The maximum absolute atomic E-state index is 12.0. The largest absolute Gasteiger partial charge is 0.353 e. The second-order valence-corrected chi connectivity index (χ2v) is 5.26. The highest BCUT2D eigenvalue weighted by atomic mass is 35.5. The predicted octanol–water partition coefficient (Wildman–Crippen LogP) is 0.949. The van der Waals surface area contributed by atoms with Gasteiger partial charge in [-0.1, -0.05) is 23.7 Å². The molecule has 1 aliphatic rings. The fourth-order valence-electron chi connectivity index (χ4n) is 2.07. The van der Waals surface area contributed by atoms with E-state index in [0.717, 1.165) is 5.56 Å². The molecule has 1 aromatic carbocycles. The van der Waals surface area contributed by atoms with Crippen LogP contribution in [-0.4, -0.2) is 42.9 Å². The van der Waals surface area contributed by atoms with E-state index in [2.05, 4.69) is 10.6 Å². The number of nitrogens with zero attached hydrogens (tertiary/aromatic N) is 1. The highest BCUT2D eigenvalue weighted by Crippen LogP contribution is 2.15. The molecule has 0 saturated carbocycles. The van der Waals surface area contributed by atoms with Gasteiger partial charge in [-0.25, -0.2) is 0 Å². The number of hydrogen-bond donors (Lipinski definition) is 2. The number of amides is 2. The molecule has 1 fully saturated rings. The molecule has 2 rings (SSSR count). The van der Waals surface area contributed by atoms with Crippen LogP contribution in [0.15, 0.2) is 24.3 Å². The van der Waals surface area contributed by atoms with E-state index < -0.39 is 0 Å². The fraction of sp³-hybridized carbons (Fsp3) is 0.429. The molecule has 1 aromatic rings. The average molecular weight is 296 g/mol. The van der Waals surface area contributed by atoms with Gasteiger partial charge >= 0.3 is 0 Å². The Morgan fingerprint density at radius 1 is 1.45 bits per heavy atom. The van der Waals surface area contributed by atoms with Crippen LogP contribution in [0, 0.1) is 0 Å². The first-order valence-corrected chi connectivity index (χ1v) is 6.97. The summed E-state index contributed by atoms with van der Waals surface area (Å²) in [5.74, 6) is -0.156. The number of hydrogen-bond acceptors (Lipinski definition) is 3. The molecule has 6 heteroatoms. The lowest BCUT2D eigenvalue weighted by Gasteiger charge is -2.27. The number of benzene rings is 1. The second kappa shape index (κ2) is 6.72.